The van der Waals surface area contributed by atoms with Gasteiger partial charge in [0.2, 0.25) is 5.91 Å². The molecule has 0 bridgehead atoms. The van der Waals surface area contributed by atoms with Gasteiger partial charge in [0.15, 0.2) is 0 Å². The number of nitrogens with zero attached hydrogens (tertiary/aromatic N) is 2. The van der Waals surface area contributed by atoms with E-state index in [1.54, 1.807) is 9.80 Å². The van der Waals surface area contributed by atoms with Gasteiger partial charge in [0.05, 0.1) is 12.6 Å². The van der Waals surface area contributed by atoms with Crippen LogP contribution in [0, 0.1) is 13.8 Å². The molecule has 1 fully saturated rings. The van der Waals surface area contributed by atoms with E-state index in [2.05, 4.69) is 5.32 Å². The Morgan fingerprint density at radius 3 is 2.67 bits per heavy atom. The van der Waals surface area contributed by atoms with Gasteiger partial charge < -0.3 is 20.2 Å². The van der Waals surface area contributed by atoms with E-state index in [1.165, 1.54) is 5.56 Å². The van der Waals surface area contributed by atoms with Gasteiger partial charge in [0.25, 0.3) is 0 Å². The molecule has 6 nitrogen and oxygen atoms in total. The molecule has 24 heavy (non-hydrogen) atoms. The Kier molecular flexibility index (Phi) is 5.83. The van der Waals surface area contributed by atoms with Crippen molar-refractivity contribution in [2.45, 2.75) is 46.2 Å². The van der Waals surface area contributed by atoms with E-state index in [-0.39, 0.29) is 37.2 Å². The number of benzene rings is 1. The van der Waals surface area contributed by atoms with E-state index >= 15 is 0 Å². The van der Waals surface area contributed by atoms with Crippen molar-refractivity contribution in [3.05, 3.63) is 29.3 Å². The summed E-state index contributed by atoms with van der Waals surface area (Å²) in [6.07, 6.45) is 0.295. The molecule has 1 aliphatic rings. The van der Waals surface area contributed by atoms with Crippen LogP contribution < -0.4 is 10.2 Å². The Hall–Kier alpha value is -2.08. The Morgan fingerprint density at radius 1 is 1.38 bits per heavy atom. The molecule has 0 saturated carbocycles. The van der Waals surface area contributed by atoms with E-state index in [9.17, 15) is 9.59 Å². The SMILES string of the molecule is Cc1ccc(N2CC(NC(=O)N(CCO)C(C)C)CC2=O)cc1C. The third-order valence-electron chi connectivity index (χ3n) is 4.48. The lowest BCUT2D eigenvalue weighted by atomic mass is 10.1. The zero-order valence-electron chi connectivity index (χ0n) is 14.9. The zero-order chi connectivity index (χ0) is 17.9. The number of aryl methyl sites for hydroxylation is 2. The van der Waals surface area contributed by atoms with Crippen LogP contribution in [0.1, 0.15) is 31.4 Å². The highest BCUT2D eigenvalue weighted by Gasteiger charge is 2.32. The van der Waals surface area contributed by atoms with Crippen LogP contribution in [0.4, 0.5) is 10.5 Å². The highest BCUT2D eigenvalue weighted by molar-refractivity contribution is 5.97. The molecule has 3 amide bonds. The van der Waals surface area contributed by atoms with Gasteiger partial charge in [-0.05, 0) is 51.0 Å². The first-order valence-electron chi connectivity index (χ1n) is 8.39. The molecule has 6 heteroatoms. The maximum absolute atomic E-state index is 12.4. The molecule has 1 aromatic rings. The predicted molar refractivity (Wildman–Crippen MR) is 94.1 cm³/mol. The summed E-state index contributed by atoms with van der Waals surface area (Å²) in [7, 11) is 0. The van der Waals surface area contributed by atoms with Crippen LogP contribution in [0.25, 0.3) is 0 Å². The second-order valence-corrected chi connectivity index (χ2v) is 6.63. The number of aliphatic hydroxyl groups is 1. The number of carbonyl (C=O) groups is 2. The molecule has 1 aliphatic heterocycles. The minimum Gasteiger partial charge on any atom is -0.395 e. The topological polar surface area (TPSA) is 72.9 Å². The first-order valence-corrected chi connectivity index (χ1v) is 8.39. The van der Waals surface area contributed by atoms with Gasteiger partial charge in [-0.3, -0.25) is 4.79 Å². The van der Waals surface area contributed by atoms with Crippen molar-refractivity contribution in [1.82, 2.24) is 10.2 Å². The van der Waals surface area contributed by atoms with Crippen molar-refractivity contribution >= 4 is 17.6 Å². The van der Waals surface area contributed by atoms with Crippen LogP contribution >= 0.6 is 0 Å². The molecular formula is C18H27N3O3. The van der Waals surface area contributed by atoms with Crippen molar-refractivity contribution in [3.63, 3.8) is 0 Å². The summed E-state index contributed by atoms with van der Waals surface area (Å²) in [5.74, 6) is 0.0156. The lowest BCUT2D eigenvalue weighted by Crippen LogP contribution is -2.49. The summed E-state index contributed by atoms with van der Waals surface area (Å²) in [4.78, 5) is 28.0. The second-order valence-electron chi connectivity index (χ2n) is 6.63. The van der Waals surface area contributed by atoms with Crippen LogP contribution in [0.15, 0.2) is 18.2 Å². The molecule has 1 saturated heterocycles. The summed E-state index contributed by atoms with van der Waals surface area (Å²) in [5.41, 5.74) is 3.20. The van der Waals surface area contributed by atoms with Gasteiger partial charge in [-0.2, -0.15) is 0 Å². The maximum Gasteiger partial charge on any atom is 0.318 e. The van der Waals surface area contributed by atoms with Gasteiger partial charge in [-0.15, -0.1) is 0 Å². The minimum absolute atomic E-state index is 0.00916. The van der Waals surface area contributed by atoms with Crippen LogP contribution in [0.3, 0.4) is 0 Å². The summed E-state index contributed by atoms with van der Waals surface area (Å²) in [6.45, 7) is 8.53. The molecular weight excluding hydrogens is 306 g/mol. The molecule has 0 aromatic heterocycles. The monoisotopic (exact) mass is 333 g/mol. The Morgan fingerprint density at radius 2 is 2.08 bits per heavy atom. The van der Waals surface area contributed by atoms with Gasteiger partial charge in [0, 0.05) is 31.2 Å². The first-order chi connectivity index (χ1) is 11.3. The summed E-state index contributed by atoms with van der Waals surface area (Å²) in [6, 6.07) is 5.49. The predicted octanol–water partition coefficient (Wildman–Crippen LogP) is 1.82. The minimum atomic E-state index is -0.237. The first kappa shape index (κ1) is 18.3. The van der Waals surface area contributed by atoms with Crippen LogP contribution in [0.2, 0.25) is 0 Å². The van der Waals surface area contributed by atoms with Crippen LogP contribution in [-0.4, -0.2) is 53.7 Å². The van der Waals surface area contributed by atoms with Gasteiger partial charge in [0.1, 0.15) is 0 Å². The number of hydrogen-bond acceptors (Lipinski definition) is 3. The van der Waals surface area contributed by atoms with Crippen molar-refractivity contribution in [1.29, 1.82) is 0 Å². The normalized spacial score (nSPS) is 17.5. The molecule has 1 unspecified atom stereocenters. The molecule has 2 rings (SSSR count). The molecule has 1 heterocycles. The molecule has 1 atom stereocenters. The van der Waals surface area contributed by atoms with Gasteiger partial charge >= 0.3 is 6.03 Å². The van der Waals surface area contributed by atoms with Crippen molar-refractivity contribution in [2.75, 3.05) is 24.6 Å². The highest BCUT2D eigenvalue weighted by Crippen LogP contribution is 2.24. The number of anilines is 1. The molecule has 2 N–H and O–H groups in total. The quantitative estimate of drug-likeness (QED) is 0.863. The Labute approximate surface area is 143 Å². The fourth-order valence-electron chi connectivity index (χ4n) is 2.91. The molecule has 0 aliphatic carbocycles. The third kappa shape index (κ3) is 4.06. The van der Waals surface area contributed by atoms with E-state index in [1.807, 2.05) is 45.9 Å². The lowest BCUT2D eigenvalue weighted by Gasteiger charge is -2.27. The van der Waals surface area contributed by atoms with Crippen molar-refractivity contribution in [2.24, 2.45) is 0 Å². The Bertz CT molecular complexity index is 616. The van der Waals surface area contributed by atoms with Crippen LogP contribution in [-0.2, 0) is 4.79 Å². The molecule has 132 valence electrons. The number of urea groups is 1. The van der Waals surface area contributed by atoms with E-state index in [0.29, 0.717) is 13.0 Å². The second kappa shape index (κ2) is 7.66. The van der Waals surface area contributed by atoms with E-state index in [0.717, 1.165) is 11.3 Å². The Balaban J connectivity index is 2.03. The number of nitrogens with one attached hydrogen (secondary N) is 1. The van der Waals surface area contributed by atoms with Crippen LogP contribution in [0.5, 0.6) is 0 Å². The fourth-order valence-corrected chi connectivity index (χ4v) is 2.91. The summed E-state index contributed by atoms with van der Waals surface area (Å²) >= 11 is 0. The molecule has 0 spiro atoms. The number of rotatable bonds is 5. The summed E-state index contributed by atoms with van der Waals surface area (Å²) < 4.78 is 0. The van der Waals surface area contributed by atoms with Gasteiger partial charge in [-0.1, -0.05) is 6.07 Å². The number of carbonyl (C=O) groups excluding carboxylic acids is 2. The smallest absolute Gasteiger partial charge is 0.318 e. The average Bonchev–Trinajstić information content (AvgIpc) is 2.87. The lowest BCUT2D eigenvalue weighted by molar-refractivity contribution is -0.117. The highest BCUT2D eigenvalue weighted by atomic mass is 16.3. The maximum atomic E-state index is 12.4. The van der Waals surface area contributed by atoms with E-state index < -0.39 is 0 Å². The average molecular weight is 333 g/mol. The number of aliphatic hydroxyl groups excluding tert-OH is 1. The van der Waals surface area contributed by atoms with Crippen molar-refractivity contribution in [3.8, 4) is 0 Å². The molecule has 1 aromatic carbocycles. The number of amides is 3. The van der Waals surface area contributed by atoms with E-state index in [4.69, 9.17) is 5.11 Å². The standard InChI is InChI=1S/C18H27N3O3/c1-12(2)20(7-8-22)18(24)19-15-10-17(23)21(11-15)16-6-5-13(3)14(4)9-16/h5-6,9,12,15,22H,7-8,10-11H2,1-4H3,(H,19,24). The van der Waals surface area contributed by atoms with Gasteiger partial charge in [-0.25, -0.2) is 4.79 Å². The molecule has 0 radical (unpaired) electrons. The van der Waals surface area contributed by atoms with Crippen molar-refractivity contribution < 1.29 is 14.7 Å². The third-order valence-corrected chi connectivity index (χ3v) is 4.48. The number of hydrogen-bond donors (Lipinski definition) is 2. The zero-order valence-corrected chi connectivity index (χ0v) is 14.9. The largest absolute Gasteiger partial charge is 0.395 e. The summed E-state index contributed by atoms with van der Waals surface area (Å²) in [5, 5.41) is 12.0. The fraction of sp³-hybridized carbons (Fsp3) is 0.556.